The highest BCUT2D eigenvalue weighted by molar-refractivity contribution is 7.16. The molecule has 1 aliphatic rings. The summed E-state index contributed by atoms with van der Waals surface area (Å²) in [6.07, 6.45) is 8.46. The first-order chi connectivity index (χ1) is 11.2. The molecule has 0 saturated heterocycles. The predicted molar refractivity (Wildman–Crippen MR) is 89.7 cm³/mol. The second-order valence-electron chi connectivity index (χ2n) is 5.43. The fourth-order valence-electron chi connectivity index (χ4n) is 2.57. The Morgan fingerprint density at radius 3 is 2.65 bits per heavy atom. The van der Waals surface area contributed by atoms with E-state index in [4.69, 9.17) is 15.9 Å². The number of rotatable bonds is 4. The number of fused-ring (bicyclic) bond motifs is 1. The van der Waals surface area contributed by atoms with Gasteiger partial charge in [-0.05, 0) is 12.8 Å². The Hall–Kier alpha value is -2.26. The summed E-state index contributed by atoms with van der Waals surface area (Å²) in [5.41, 5.74) is 0.894. The number of nitrogens with zero attached hydrogens (tertiary/aromatic N) is 2. The molecule has 0 aliphatic heterocycles. The Morgan fingerprint density at radius 2 is 2.09 bits per heavy atom. The zero-order valence-corrected chi connectivity index (χ0v) is 14.0. The zero-order valence-electron chi connectivity index (χ0n) is 13.2. The summed E-state index contributed by atoms with van der Waals surface area (Å²) in [5.74, 6) is 3.92. The number of carbonyl (C=O) groups excluding carboxylic acids is 1. The quantitative estimate of drug-likeness (QED) is 0.810. The standard InChI is InChI=1S/C17H18N2O3S/c1-4-8-19-12-9-13(21-2)14(22-3)10-15(12)23-17(19)18-16(20)11-6-5-7-11/h1,9-11H,5-8H2,2-3H3. The third kappa shape index (κ3) is 2.84. The van der Waals surface area contributed by atoms with Gasteiger partial charge in [0.25, 0.3) is 5.91 Å². The van der Waals surface area contributed by atoms with Gasteiger partial charge in [-0.3, -0.25) is 4.79 Å². The lowest BCUT2D eigenvalue weighted by atomic mass is 9.85. The van der Waals surface area contributed by atoms with Gasteiger partial charge in [-0.25, -0.2) is 0 Å². The molecule has 1 saturated carbocycles. The van der Waals surface area contributed by atoms with Crippen LogP contribution in [-0.4, -0.2) is 24.7 Å². The fraction of sp³-hybridized carbons (Fsp3) is 0.412. The minimum atomic E-state index is -0.0486. The Labute approximate surface area is 138 Å². The topological polar surface area (TPSA) is 52.8 Å². The highest BCUT2D eigenvalue weighted by Crippen LogP contribution is 2.33. The van der Waals surface area contributed by atoms with E-state index in [0.29, 0.717) is 22.8 Å². The Morgan fingerprint density at radius 1 is 1.39 bits per heavy atom. The number of amides is 1. The van der Waals surface area contributed by atoms with E-state index in [-0.39, 0.29) is 11.8 Å². The fourth-order valence-corrected chi connectivity index (χ4v) is 3.61. The molecule has 0 unspecified atom stereocenters. The average molecular weight is 330 g/mol. The van der Waals surface area contributed by atoms with Gasteiger partial charge in [-0.15, -0.1) is 6.42 Å². The number of aromatic nitrogens is 1. The van der Waals surface area contributed by atoms with Crippen molar-refractivity contribution in [1.29, 1.82) is 0 Å². The first kappa shape index (κ1) is 15.6. The molecule has 0 N–H and O–H groups in total. The average Bonchev–Trinajstić information content (AvgIpc) is 2.81. The van der Waals surface area contributed by atoms with E-state index in [2.05, 4.69) is 10.9 Å². The van der Waals surface area contributed by atoms with E-state index in [9.17, 15) is 4.79 Å². The van der Waals surface area contributed by atoms with Crippen molar-refractivity contribution in [1.82, 2.24) is 4.57 Å². The van der Waals surface area contributed by atoms with Crippen molar-refractivity contribution in [3.05, 3.63) is 16.9 Å². The third-order valence-electron chi connectivity index (χ3n) is 4.10. The summed E-state index contributed by atoms with van der Waals surface area (Å²) >= 11 is 1.44. The summed E-state index contributed by atoms with van der Waals surface area (Å²) in [6, 6.07) is 3.76. The zero-order chi connectivity index (χ0) is 16.4. The first-order valence-corrected chi connectivity index (χ1v) is 8.27. The maximum atomic E-state index is 12.2. The molecule has 1 aromatic heterocycles. The Kier molecular flexibility index (Phi) is 4.39. The number of terminal acetylenes is 1. The summed E-state index contributed by atoms with van der Waals surface area (Å²) in [6.45, 7) is 0.353. The predicted octanol–water partition coefficient (Wildman–Crippen LogP) is 2.58. The molecule has 0 atom stereocenters. The van der Waals surface area contributed by atoms with E-state index in [1.807, 2.05) is 16.7 Å². The van der Waals surface area contributed by atoms with Crippen LogP contribution in [0.1, 0.15) is 19.3 Å². The van der Waals surface area contributed by atoms with Crippen LogP contribution < -0.4 is 14.3 Å². The van der Waals surface area contributed by atoms with Crippen LogP contribution in [0.4, 0.5) is 0 Å². The lowest BCUT2D eigenvalue weighted by Crippen LogP contribution is -2.24. The number of methoxy groups -OCH3 is 2. The monoisotopic (exact) mass is 330 g/mol. The number of benzene rings is 1. The van der Waals surface area contributed by atoms with Crippen molar-refractivity contribution in [2.24, 2.45) is 10.9 Å². The molecule has 23 heavy (non-hydrogen) atoms. The lowest BCUT2D eigenvalue weighted by molar-refractivity contribution is -0.124. The lowest BCUT2D eigenvalue weighted by Gasteiger charge is -2.20. The largest absolute Gasteiger partial charge is 0.493 e. The molecule has 2 aromatic rings. The van der Waals surface area contributed by atoms with E-state index >= 15 is 0 Å². The number of thiazole rings is 1. The smallest absolute Gasteiger partial charge is 0.251 e. The van der Waals surface area contributed by atoms with Gasteiger partial charge in [0.15, 0.2) is 16.3 Å². The highest BCUT2D eigenvalue weighted by atomic mass is 32.1. The Balaban J connectivity index is 2.17. The summed E-state index contributed by atoms with van der Waals surface area (Å²) in [4.78, 5) is 17.1. The van der Waals surface area contributed by atoms with Crippen LogP contribution in [0.15, 0.2) is 17.1 Å². The maximum Gasteiger partial charge on any atom is 0.251 e. The SMILES string of the molecule is C#CCn1c(=NC(=O)C2CCC2)sc2cc(OC)c(OC)cc21. The van der Waals surface area contributed by atoms with Crippen molar-refractivity contribution in [2.75, 3.05) is 14.2 Å². The van der Waals surface area contributed by atoms with Crippen molar-refractivity contribution < 1.29 is 14.3 Å². The van der Waals surface area contributed by atoms with Crippen LogP contribution in [0.3, 0.4) is 0 Å². The molecular formula is C17H18N2O3S. The van der Waals surface area contributed by atoms with Gasteiger partial charge in [0.1, 0.15) is 0 Å². The van der Waals surface area contributed by atoms with Crippen LogP contribution in [0.5, 0.6) is 11.5 Å². The second kappa shape index (κ2) is 6.47. The molecule has 0 radical (unpaired) electrons. The van der Waals surface area contributed by atoms with Crippen LogP contribution in [-0.2, 0) is 11.3 Å². The molecule has 1 amide bonds. The minimum absolute atomic E-state index is 0.0486. The van der Waals surface area contributed by atoms with E-state index in [0.717, 1.165) is 29.5 Å². The van der Waals surface area contributed by atoms with Crippen molar-refractivity contribution in [3.8, 4) is 23.8 Å². The van der Waals surface area contributed by atoms with Gasteiger partial charge in [-0.2, -0.15) is 4.99 Å². The highest BCUT2D eigenvalue weighted by Gasteiger charge is 2.25. The molecule has 1 heterocycles. The van der Waals surface area contributed by atoms with Crippen molar-refractivity contribution >= 4 is 27.5 Å². The molecule has 6 heteroatoms. The van der Waals surface area contributed by atoms with Gasteiger partial charge in [0, 0.05) is 18.1 Å². The summed E-state index contributed by atoms with van der Waals surface area (Å²) in [5, 5.41) is 0. The molecule has 1 aromatic carbocycles. The van der Waals surface area contributed by atoms with E-state index < -0.39 is 0 Å². The summed E-state index contributed by atoms with van der Waals surface area (Å²) < 4.78 is 13.5. The molecule has 0 bridgehead atoms. The molecular weight excluding hydrogens is 312 g/mol. The van der Waals surface area contributed by atoms with Crippen LogP contribution >= 0.6 is 11.3 Å². The van der Waals surface area contributed by atoms with Gasteiger partial charge in [0.05, 0.1) is 31.0 Å². The minimum Gasteiger partial charge on any atom is -0.493 e. The molecule has 1 fully saturated rings. The van der Waals surface area contributed by atoms with Crippen molar-refractivity contribution in [3.63, 3.8) is 0 Å². The normalized spacial score (nSPS) is 15.3. The molecule has 120 valence electrons. The number of carbonyl (C=O) groups is 1. The van der Waals surface area contributed by atoms with Crippen molar-refractivity contribution in [2.45, 2.75) is 25.8 Å². The van der Waals surface area contributed by atoms with Gasteiger partial charge in [0.2, 0.25) is 0 Å². The third-order valence-corrected chi connectivity index (χ3v) is 5.14. The first-order valence-electron chi connectivity index (χ1n) is 7.45. The second-order valence-corrected chi connectivity index (χ2v) is 6.44. The van der Waals surface area contributed by atoms with Gasteiger partial charge < -0.3 is 14.0 Å². The Bertz CT molecular complexity index is 853. The van der Waals surface area contributed by atoms with E-state index in [1.165, 1.54) is 11.3 Å². The maximum absolute atomic E-state index is 12.2. The molecule has 3 rings (SSSR count). The molecule has 5 nitrogen and oxygen atoms in total. The summed E-state index contributed by atoms with van der Waals surface area (Å²) in [7, 11) is 3.19. The van der Waals surface area contributed by atoms with Gasteiger partial charge in [-0.1, -0.05) is 23.7 Å². The van der Waals surface area contributed by atoms with Crippen LogP contribution in [0.2, 0.25) is 0 Å². The number of hydrogen-bond donors (Lipinski definition) is 0. The van der Waals surface area contributed by atoms with Crippen LogP contribution in [0, 0.1) is 18.3 Å². The number of ether oxygens (including phenoxy) is 2. The molecule has 0 spiro atoms. The van der Waals surface area contributed by atoms with E-state index in [1.54, 1.807) is 14.2 Å². The number of hydrogen-bond acceptors (Lipinski definition) is 4. The van der Waals surface area contributed by atoms with Gasteiger partial charge >= 0.3 is 0 Å². The molecule has 1 aliphatic carbocycles. The van der Waals surface area contributed by atoms with Crippen LogP contribution in [0.25, 0.3) is 10.2 Å².